The first-order chi connectivity index (χ1) is 8.45. The normalized spacial score (nSPS) is 12.2. The van der Waals surface area contributed by atoms with Crippen LogP contribution in [0.3, 0.4) is 0 Å². The first kappa shape index (κ1) is 14.8. The van der Waals surface area contributed by atoms with E-state index < -0.39 is 23.2 Å². The highest BCUT2D eigenvalue weighted by atomic mass is 32.2. The highest BCUT2D eigenvalue weighted by Gasteiger charge is 2.13. The Labute approximate surface area is 109 Å². The predicted molar refractivity (Wildman–Crippen MR) is 70.7 cm³/mol. The molecule has 1 amide bonds. The molecule has 6 heteroatoms. The summed E-state index contributed by atoms with van der Waals surface area (Å²) in [5.74, 6) is -2.34. The number of hydrogen-bond acceptors (Lipinski definition) is 3. The van der Waals surface area contributed by atoms with E-state index in [2.05, 4.69) is 5.32 Å². The van der Waals surface area contributed by atoms with Crippen LogP contribution in [0.25, 0.3) is 0 Å². The van der Waals surface area contributed by atoms with Crippen molar-refractivity contribution in [3.63, 3.8) is 0 Å². The average Bonchev–Trinajstić information content (AvgIpc) is 2.34. The summed E-state index contributed by atoms with van der Waals surface area (Å²) in [5, 5.41) is 3.03. The highest BCUT2D eigenvalue weighted by molar-refractivity contribution is 7.99. The minimum atomic E-state index is -0.919. The third-order valence-corrected chi connectivity index (χ3v) is 3.62. The van der Waals surface area contributed by atoms with Gasteiger partial charge < -0.3 is 11.1 Å². The number of nitrogens with one attached hydrogen (secondary N) is 1. The van der Waals surface area contributed by atoms with Gasteiger partial charge in [0.25, 0.3) is 5.91 Å². The molecule has 0 aliphatic carbocycles. The molecule has 3 nitrogen and oxygen atoms in total. The summed E-state index contributed by atoms with van der Waals surface area (Å²) in [6.07, 6.45) is 2.78. The molecule has 0 fully saturated rings. The van der Waals surface area contributed by atoms with Crippen molar-refractivity contribution in [1.82, 2.24) is 5.32 Å². The van der Waals surface area contributed by atoms with E-state index >= 15 is 0 Å². The van der Waals surface area contributed by atoms with Crippen LogP contribution in [-0.4, -0.2) is 24.0 Å². The average molecular weight is 274 g/mol. The zero-order valence-corrected chi connectivity index (χ0v) is 11.1. The molecule has 1 atom stereocenters. The standard InChI is InChI=1S/C12H16F2N2OS/c1-7(18-2)3-4-16-12(17)8-5-9(13)11(15)10(14)6-8/h5-7H,3-4,15H2,1-2H3,(H,16,17). The van der Waals surface area contributed by atoms with Gasteiger partial charge in [-0.3, -0.25) is 4.79 Å². The fourth-order valence-electron chi connectivity index (χ4n) is 1.32. The number of carbonyl (C=O) groups is 1. The number of hydrogen-bond donors (Lipinski definition) is 2. The van der Waals surface area contributed by atoms with Gasteiger partial charge in [0.1, 0.15) is 17.3 Å². The maximum absolute atomic E-state index is 13.2. The van der Waals surface area contributed by atoms with Crippen LogP contribution in [0, 0.1) is 11.6 Å². The van der Waals surface area contributed by atoms with Gasteiger partial charge in [-0.05, 0) is 24.8 Å². The second-order valence-electron chi connectivity index (χ2n) is 3.94. The Hall–Kier alpha value is -1.30. The molecule has 1 aromatic carbocycles. The smallest absolute Gasteiger partial charge is 0.251 e. The molecular formula is C12H16F2N2OS. The Balaban J connectivity index is 2.62. The van der Waals surface area contributed by atoms with E-state index in [-0.39, 0.29) is 5.56 Å². The quantitative estimate of drug-likeness (QED) is 0.811. The molecule has 3 N–H and O–H groups in total. The third kappa shape index (κ3) is 3.87. The first-order valence-electron chi connectivity index (χ1n) is 5.51. The number of nitrogens with two attached hydrogens (primary N) is 1. The number of thioether (sulfide) groups is 1. The van der Waals surface area contributed by atoms with Crippen molar-refractivity contribution in [2.45, 2.75) is 18.6 Å². The largest absolute Gasteiger partial charge is 0.394 e. The first-order valence-corrected chi connectivity index (χ1v) is 6.80. The highest BCUT2D eigenvalue weighted by Crippen LogP contribution is 2.17. The van der Waals surface area contributed by atoms with Gasteiger partial charge in [-0.2, -0.15) is 11.8 Å². The van der Waals surface area contributed by atoms with Gasteiger partial charge in [-0.1, -0.05) is 6.92 Å². The van der Waals surface area contributed by atoms with Crippen molar-refractivity contribution in [1.29, 1.82) is 0 Å². The molecule has 0 aliphatic rings. The lowest BCUT2D eigenvalue weighted by Crippen LogP contribution is -2.26. The predicted octanol–water partition coefficient (Wildman–Crippen LogP) is 2.42. The molecule has 0 aliphatic heterocycles. The number of carbonyl (C=O) groups excluding carboxylic acids is 1. The molecule has 0 saturated carbocycles. The molecule has 1 rings (SSSR count). The maximum atomic E-state index is 13.2. The number of benzene rings is 1. The van der Waals surface area contributed by atoms with Crippen LogP contribution in [0.15, 0.2) is 12.1 Å². The van der Waals surface area contributed by atoms with Gasteiger partial charge in [0.2, 0.25) is 0 Å². The lowest BCUT2D eigenvalue weighted by Gasteiger charge is -2.09. The molecule has 0 bridgehead atoms. The van der Waals surface area contributed by atoms with Crippen LogP contribution < -0.4 is 11.1 Å². The van der Waals surface area contributed by atoms with Crippen molar-refractivity contribution in [2.24, 2.45) is 0 Å². The summed E-state index contributed by atoms with van der Waals surface area (Å²) < 4.78 is 26.3. The van der Waals surface area contributed by atoms with Crippen LogP contribution in [-0.2, 0) is 0 Å². The summed E-state index contributed by atoms with van der Waals surface area (Å²) >= 11 is 1.69. The van der Waals surface area contributed by atoms with Crippen molar-refractivity contribution in [3.05, 3.63) is 29.3 Å². The number of amides is 1. The number of rotatable bonds is 5. The molecule has 0 saturated heterocycles. The Bertz CT molecular complexity index is 417. The van der Waals surface area contributed by atoms with Gasteiger partial charge in [-0.25, -0.2) is 8.78 Å². The van der Waals surface area contributed by atoms with Gasteiger partial charge >= 0.3 is 0 Å². The van der Waals surface area contributed by atoms with Crippen LogP contribution in [0.1, 0.15) is 23.7 Å². The van der Waals surface area contributed by atoms with Gasteiger partial charge in [-0.15, -0.1) is 0 Å². The molecule has 0 aromatic heterocycles. The van der Waals surface area contributed by atoms with E-state index in [0.717, 1.165) is 18.6 Å². The van der Waals surface area contributed by atoms with Crippen molar-refractivity contribution in [2.75, 3.05) is 18.5 Å². The van der Waals surface area contributed by atoms with E-state index in [4.69, 9.17) is 5.73 Å². The van der Waals surface area contributed by atoms with E-state index in [1.807, 2.05) is 13.2 Å². The maximum Gasteiger partial charge on any atom is 0.251 e. The Kier molecular flexibility index (Phi) is 5.40. The minimum Gasteiger partial charge on any atom is -0.394 e. The molecular weight excluding hydrogens is 258 g/mol. The van der Waals surface area contributed by atoms with E-state index in [9.17, 15) is 13.6 Å². The molecule has 100 valence electrons. The van der Waals surface area contributed by atoms with E-state index in [1.165, 1.54) is 0 Å². The van der Waals surface area contributed by atoms with Crippen LogP contribution in [0.5, 0.6) is 0 Å². The van der Waals surface area contributed by atoms with Gasteiger partial charge in [0.15, 0.2) is 0 Å². The van der Waals surface area contributed by atoms with Gasteiger partial charge in [0.05, 0.1) is 0 Å². The molecule has 18 heavy (non-hydrogen) atoms. The fourth-order valence-corrected chi connectivity index (χ4v) is 1.68. The minimum absolute atomic E-state index is 0.0593. The lowest BCUT2D eigenvalue weighted by atomic mass is 10.1. The topological polar surface area (TPSA) is 55.1 Å². The summed E-state index contributed by atoms with van der Waals surface area (Å²) in [4.78, 5) is 11.6. The Morgan fingerprint density at radius 2 is 2.00 bits per heavy atom. The lowest BCUT2D eigenvalue weighted by molar-refractivity contribution is 0.0952. The van der Waals surface area contributed by atoms with E-state index in [0.29, 0.717) is 11.8 Å². The molecule has 0 radical (unpaired) electrons. The second kappa shape index (κ2) is 6.58. The molecule has 1 unspecified atom stereocenters. The van der Waals surface area contributed by atoms with Crippen molar-refractivity contribution >= 4 is 23.4 Å². The number of anilines is 1. The van der Waals surface area contributed by atoms with Crippen LogP contribution in [0.4, 0.5) is 14.5 Å². The summed E-state index contributed by atoms with van der Waals surface area (Å²) in [6.45, 7) is 2.51. The summed E-state index contributed by atoms with van der Waals surface area (Å²) in [7, 11) is 0. The summed E-state index contributed by atoms with van der Waals surface area (Å²) in [6, 6.07) is 1.87. The van der Waals surface area contributed by atoms with Crippen molar-refractivity contribution < 1.29 is 13.6 Å². The van der Waals surface area contributed by atoms with Crippen LogP contribution in [0.2, 0.25) is 0 Å². The Morgan fingerprint density at radius 3 is 2.50 bits per heavy atom. The number of halogens is 2. The molecule has 0 spiro atoms. The second-order valence-corrected chi connectivity index (χ2v) is 5.22. The third-order valence-electron chi connectivity index (χ3n) is 2.58. The van der Waals surface area contributed by atoms with Crippen LogP contribution >= 0.6 is 11.8 Å². The molecule has 0 heterocycles. The zero-order chi connectivity index (χ0) is 13.7. The Morgan fingerprint density at radius 1 is 1.44 bits per heavy atom. The monoisotopic (exact) mass is 274 g/mol. The molecule has 1 aromatic rings. The summed E-state index contributed by atoms with van der Waals surface area (Å²) in [5.41, 5.74) is 4.50. The van der Waals surface area contributed by atoms with E-state index in [1.54, 1.807) is 11.8 Å². The SMILES string of the molecule is CSC(C)CCNC(=O)c1cc(F)c(N)c(F)c1. The van der Waals surface area contributed by atoms with Gasteiger partial charge in [0, 0.05) is 17.4 Å². The number of nitrogen functional groups attached to an aromatic ring is 1. The fraction of sp³-hybridized carbons (Fsp3) is 0.417. The van der Waals surface area contributed by atoms with Crippen molar-refractivity contribution in [3.8, 4) is 0 Å². The zero-order valence-electron chi connectivity index (χ0n) is 10.3.